The van der Waals surface area contributed by atoms with Crippen LogP contribution in [0.2, 0.25) is 0 Å². The number of hydrogen-bond donors (Lipinski definition) is 4. The molecule has 3 aromatic rings. The van der Waals surface area contributed by atoms with Crippen LogP contribution < -0.4 is 21.5 Å². The van der Waals surface area contributed by atoms with E-state index in [2.05, 4.69) is 37.1 Å². The van der Waals surface area contributed by atoms with E-state index in [1.807, 2.05) is 44.3 Å². The second-order valence-electron chi connectivity index (χ2n) is 8.48. The van der Waals surface area contributed by atoms with Crippen LogP contribution in [0.3, 0.4) is 0 Å². The highest BCUT2D eigenvalue weighted by Crippen LogP contribution is 2.31. The Morgan fingerprint density at radius 3 is 2.73 bits per heavy atom. The first-order chi connectivity index (χ1) is 15.8. The van der Waals surface area contributed by atoms with Gasteiger partial charge in [0.05, 0.1) is 19.2 Å². The summed E-state index contributed by atoms with van der Waals surface area (Å²) in [6.07, 6.45) is 5.33. The van der Waals surface area contributed by atoms with Gasteiger partial charge in [-0.2, -0.15) is 10.5 Å². The lowest BCUT2D eigenvalue weighted by Crippen LogP contribution is -2.35. The van der Waals surface area contributed by atoms with E-state index in [9.17, 15) is 0 Å². The average Bonchev–Trinajstić information content (AvgIpc) is 3.19. The van der Waals surface area contributed by atoms with Gasteiger partial charge in [0, 0.05) is 23.7 Å². The molecule has 0 saturated carbocycles. The van der Waals surface area contributed by atoms with Gasteiger partial charge >= 0.3 is 0 Å². The highest BCUT2D eigenvalue weighted by atomic mass is 16.5. The maximum Gasteiger partial charge on any atom is 0.222 e. The number of aromatic nitrogens is 3. The van der Waals surface area contributed by atoms with Crippen molar-refractivity contribution in [3.63, 3.8) is 0 Å². The first-order valence-electron chi connectivity index (χ1n) is 11.1. The molecule has 1 aromatic carbocycles. The molecule has 0 aliphatic rings. The van der Waals surface area contributed by atoms with Crippen molar-refractivity contribution < 1.29 is 4.74 Å². The van der Waals surface area contributed by atoms with Crippen LogP contribution in [-0.2, 0) is 12.0 Å². The monoisotopic (exact) mass is 451 g/mol. The highest BCUT2D eigenvalue weighted by molar-refractivity contribution is 5.91. The number of nitrogen functional groups attached to an aromatic ring is 1. The van der Waals surface area contributed by atoms with Gasteiger partial charge in [0.1, 0.15) is 17.1 Å². The summed E-state index contributed by atoms with van der Waals surface area (Å²) >= 11 is 0. The van der Waals surface area contributed by atoms with Crippen LogP contribution in [0.1, 0.15) is 51.2 Å². The highest BCUT2D eigenvalue weighted by Gasteiger charge is 2.27. The first kappa shape index (κ1) is 24.0. The number of unbranched alkanes of at least 4 members (excludes halogenated alkanes) is 2. The number of nitrogens with two attached hydrogens (primary N) is 2. The van der Waals surface area contributed by atoms with Crippen molar-refractivity contribution in [1.82, 2.24) is 14.5 Å². The third kappa shape index (κ3) is 5.21. The van der Waals surface area contributed by atoms with Crippen LogP contribution in [0.25, 0.3) is 11.0 Å². The third-order valence-corrected chi connectivity index (χ3v) is 5.84. The number of methoxy groups -OCH3 is 1. The van der Waals surface area contributed by atoms with Gasteiger partial charge in [-0.3, -0.25) is 0 Å². The lowest BCUT2D eigenvalue weighted by Gasteiger charge is -2.25. The molecule has 0 fully saturated rings. The van der Waals surface area contributed by atoms with Gasteiger partial charge in [-0.1, -0.05) is 31.1 Å². The van der Waals surface area contributed by atoms with E-state index >= 15 is 0 Å². The molecule has 0 saturated heterocycles. The smallest absolute Gasteiger partial charge is 0.222 e. The summed E-state index contributed by atoms with van der Waals surface area (Å²) in [4.78, 5) is 8.86. The van der Waals surface area contributed by atoms with Crippen molar-refractivity contribution in [3.05, 3.63) is 41.6 Å². The number of rotatable bonds is 11. The maximum atomic E-state index is 7.00. The summed E-state index contributed by atoms with van der Waals surface area (Å²) in [5.41, 5.74) is 22.0. The molecule has 33 heavy (non-hydrogen) atoms. The third-order valence-electron chi connectivity index (χ3n) is 5.84. The fourth-order valence-corrected chi connectivity index (χ4v) is 3.76. The van der Waals surface area contributed by atoms with E-state index in [1.54, 1.807) is 7.11 Å². The van der Waals surface area contributed by atoms with Crippen molar-refractivity contribution in [2.24, 2.45) is 16.1 Å². The van der Waals surface area contributed by atoms with Gasteiger partial charge in [-0.15, -0.1) is 5.10 Å². The minimum absolute atomic E-state index is 0.245. The number of amidine groups is 1. The topological polar surface area (TPSA) is 153 Å². The standard InChI is InChI=1S/C23H33N9O/c1-5-6-7-11-27-20-19-17(28-22(25)29-20)10-12-32(19)14-15-13-16(8-9-18(15)33-4)23(2,3)21(24)30-31-26/h8-10,12-13H,5-7,11,14H2,1-4H3,(H3,24,26,30)(H3,25,27,28,29). The Labute approximate surface area is 193 Å². The summed E-state index contributed by atoms with van der Waals surface area (Å²) in [6.45, 7) is 7.42. The molecule has 3 rings (SSSR count). The fraction of sp³-hybridized carbons (Fsp3) is 0.435. The second kappa shape index (κ2) is 10.3. The molecule has 0 aliphatic heterocycles. The van der Waals surface area contributed by atoms with E-state index in [1.165, 1.54) is 0 Å². The largest absolute Gasteiger partial charge is 0.496 e. The Bertz CT molecular complexity index is 1150. The summed E-state index contributed by atoms with van der Waals surface area (Å²) in [6, 6.07) is 7.85. The van der Waals surface area contributed by atoms with Crippen LogP contribution in [0.4, 0.5) is 11.8 Å². The lowest BCUT2D eigenvalue weighted by atomic mass is 9.82. The molecule has 10 nitrogen and oxygen atoms in total. The summed E-state index contributed by atoms with van der Waals surface area (Å²) < 4.78 is 7.72. The minimum Gasteiger partial charge on any atom is -0.496 e. The van der Waals surface area contributed by atoms with E-state index < -0.39 is 5.41 Å². The first-order valence-corrected chi connectivity index (χ1v) is 11.1. The average molecular weight is 452 g/mol. The molecule has 0 aliphatic carbocycles. The predicted octanol–water partition coefficient (Wildman–Crippen LogP) is 4.25. The Balaban J connectivity index is 2.01. The van der Waals surface area contributed by atoms with Crippen LogP contribution in [-0.4, -0.2) is 34.0 Å². The summed E-state index contributed by atoms with van der Waals surface area (Å²) in [5.74, 6) is 1.99. The SMILES string of the molecule is CCCCCNc1nc(N)nc2ccn(Cc3cc(C(C)(C)C(N)=NN=N)ccc3OC)c12. The lowest BCUT2D eigenvalue weighted by molar-refractivity contribution is 0.408. The van der Waals surface area contributed by atoms with Crippen LogP contribution >= 0.6 is 0 Å². The number of nitrogens with zero attached hydrogens (tertiary/aromatic N) is 5. The van der Waals surface area contributed by atoms with Gasteiger partial charge in [-0.05, 0) is 44.0 Å². The van der Waals surface area contributed by atoms with E-state index in [-0.39, 0.29) is 11.8 Å². The summed E-state index contributed by atoms with van der Waals surface area (Å²) in [5, 5.41) is 10.2. The Hall–Kier alpha value is -3.69. The quantitative estimate of drug-likeness (QED) is 0.112. The van der Waals surface area contributed by atoms with E-state index in [4.69, 9.17) is 21.7 Å². The maximum absolute atomic E-state index is 7.00. The molecule has 0 bridgehead atoms. The Morgan fingerprint density at radius 1 is 1.24 bits per heavy atom. The molecule has 6 N–H and O–H groups in total. The Kier molecular flexibility index (Phi) is 7.47. The number of fused-ring (bicyclic) bond motifs is 1. The van der Waals surface area contributed by atoms with Gasteiger partial charge in [0.2, 0.25) is 5.95 Å². The van der Waals surface area contributed by atoms with E-state index in [0.717, 1.165) is 59.5 Å². The van der Waals surface area contributed by atoms with Crippen LogP contribution in [0.15, 0.2) is 40.8 Å². The zero-order valence-corrected chi connectivity index (χ0v) is 19.7. The molecule has 176 valence electrons. The number of benzene rings is 1. The molecule has 0 spiro atoms. The predicted molar refractivity (Wildman–Crippen MR) is 132 cm³/mol. The van der Waals surface area contributed by atoms with Crippen molar-refractivity contribution >= 4 is 28.6 Å². The van der Waals surface area contributed by atoms with Gasteiger partial charge in [0.15, 0.2) is 5.82 Å². The minimum atomic E-state index is -0.603. The zero-order valence-electron chi connectivity index (χ0n) is 19.7. The molecule has 0 atom stereocenters. The van der Waals surface area contributed by atoms with Crippen molar-refractivity contribution in [1.29, 1.82) is 5.53 Å². The van der Waals surface area contributed by atoms with Crippen molar-refractivity contribution in [3.8, 4) is 5.75 Å². The Morgan fingerprint density at radius 2 is 2.03 bits per heavy atom. The molecule has 2 aromatic heterocycles. The number of hydrogen-bond acceptors (Lipinski definition) is 7. The summed E-state index contributed by atoms with van der Waals surface area (Å²) in [7, 11) is 1.65. The molecule has 2 heterocycles. The molecule has 0 amide bonds. The van der Waals surface area contributed by atoms with Crippen LogP contribution in [0.5, 0.6) is 5.75 Å². The van der Waals surface area contributed by atoms with Gasteiger partial charge in [-0.25, -0.2) is 4.98 Å². The zero-order chi connectivity index (χ0) is 24.0. The van der Waals surface area contributed by atoms with Crippen molar-refractivity contribution in [2.75, 3.05) is 24.7 Å². The van der Waals surface area contributed by atoms with E-state index in [0.29, 0.717) is 6.54 Å². The number of nitrogens with one attached hydrogen (secondary N) is 2. The number of ether oxygens (including phenoxy) is 1. The van der Waals surface area contributed by atoms with Gasteiger partial charge in [0.25, 0.3) is 0 Å². The van der Waals surface area contributed by atoms with Crippen LogP contribution in [0, 0.1) is 5.53 Å². The van der Waals surface area contributed by atoms with Gasteiger partial charge < -0.3 is 26.1 Å². The molecule has 0 unspecified atom stereocenters. The second-order valence-corrected chi connectivity index (χ2v) is 8.48. The number of anilines is 2. The molecular weight excluding hydrogens is 418 g/mol. The van der Waals surface area contributed by atoms with Crippen molar-refractivity contribution in [2.45, 2.75) is 52.0 Å². The molecular formula is C23H33N9O. The normalized spacial score (nSPS) is 12.2. The fourth-order valence-electron chi connectivity index (χ4n) is 3.76. The molecule has 0 radical (unpaired) electrons. The molecule has 10 heteroatoms.